The van der Waals surface area contributed by atoms with Gasteiger partial charge in [0.05, 0.1) is 5.75 Å². The molecule has 132 valence electrons. The van der Waals surface area contributed by atoms with Crippen LogP contribution < -0.4 is 4.72 Å². The third-order valence-corrected chi connectivity index (χ3v) is 5.46. The van der Waals surface area contributed by atoms with Gasteiger partial charge >= 0.3 is 0 Å². The molecule has 0 spiro atoms. The second-order valence-electron chi connectivity index (χ2n) is 6.47. The Labute approximate surface area is 142 Å². The molecule has 1 aromatic carbocycles. The number of benzene rings is 1. The van der Waals surface area contributed by atoms with Crippen molar-refractivity contribution >= 4 is 15.7 Å². The molecule has 0 saturated carbocycles. The minimum Gasteiger partial charge on any atom is -0.284 e. The minimum absolute atomic E-state index is 0.220. The van der Waals surface area contributed by atoms with Gasteiger partial charge in [0.15, 0.2) is 0 Å². The van der Waals surface area contributed by atoms with Crippen LogP contribution in [0.2, 0.25) is 0 Å². The summed E-state index contributed by atoms with van der Waals surface area (Å²) >= 11 is 0. The summed E-state index contributed by atoms with van der Waals surface area (Å²) in [5, 5.41) is 0. The molecule has 4 heteroatoms. The van der Waals surface area contributed by atoms with Gasteiger partial charge < -0.3 is 0 Å². The van der Waals surface area contributed by atoms with Gasteiger partial charge in [-0.15, -0.1) is 0 Å². The van der Waals surface area contributed by atoms with Gasteiger partial charge in [-0.3, -0.25) is 4.72 Å². The van der Waals surface area contributed by atoms with Crippen molar-refractivity contribution in [1.82, 2.24) is 0 Å². The summed E-state index contributed by atoms with van der Waals surface area (Å²) in [5.74, 6) is 0.220. The highest BCUT2D eigenvalue weighted by Crippen LogP contribution is 2.13. The van der Waals surface area contributed by atoms with Crippen molar-refractivity contribution in [1.29, 1.82) is 0 Å². The Kier molecular flexibility index (Phi) is 10.0. The average Bonchev–Trinajstić information content (AvgIpc) is 2.51. The standard InChI is InChI=1S/C19H33NO2S/c1-3-4-5-6-7-8-9-10-11-12-17-23(21,22)20-19-15-13-18(2)14-16-19/h13-16,20H,3-12,17H2,1-2H3. The number of rotatable bonds is 13. The number of hydrogen-bond donors (Lipinski definition) is 1. The maximum absolute atomic E-state index is 12.0. The summed E-state index contributed by atoms with van der Waals surface area (Å²) in [4.78, 5) is 0. The predicted octanol–water partition coefficient (Wildman–Crippen LogP) is 5.66. The smallest absolute Gasteiger partial charge is 0.232 e. The molecule has 23 heavy (non-hydrogen) atoms. The fraction of sp³-hybridized carbons (Fsp3) is 0.684. The lowest BCUT2D eigenvalue weighted by atomic mass is 10.1. The molecule has 0 aliphatic rings. The van der Waals surface area contributed by atoms with Crippen LogP contribution in [0.1, 0.15) is 76.7 Å². The second kappa shape index (κ2) is 11.5. The Morgan fingerprint density at radius 3 is 1.78 bits per heavy atom. The second-order valence-corrected chi connectivity index (χ2v) is 8.31. The van der Waals surface area contributed by atoms with Gasteiger partial charge in [0, 0.05) is 5.69 Å². The zero-order valence-corrected chi connectivity index (χ0v) is 15.6. The van der Waals surface area contributed by atoms with Crippen LogP contribution in [0.4, 0.5) is 5.69 Å². The van der Waals surface area contributed by atoms with Crippen molar-refractivity contribution in [3.63, 3.8) is 0 Å². The Balaban J connectivity index is 2.06. The third-order valence-electron chi connectivity index (χ3n) is 4.09. The molecule has 0 amide bonds. The van der Waals surface area contributed by atoms with E-state index >= 15 is 0 Å². The van der Waals surface area contributed by atoms with Gasteiger partial charge in [-0.2, -0.15) is 0 Å². The van der Waals surface area contributed by atoms with Gasteiger partial charge in [-0.05, 0) is 25.5 Å². The Bertz CT molecular complexity index is 509. The molecule has 1 N–H and O–H groups in total. The zero-order valence-electron chi connectivity index (χ0n) is 14.8. The first kappa shape index (κ1) is 20.0. The maximum Gasteiger partial charge on any atom is 0.232 e. The number of aryl methyl sites for hydroxylation is 1. The van der Waals surface area contributed by atoms with Crippen LogP contribution in [0.3, 0.4) is 0 Å². The van der Waals surface area contributed by atoms with E-state index in [4.69, 9.17) is 0 Å². The molecule has 0 unspecified atom stereocenters. The summed E-state index contributed by atoms with van der Waals surface area (Å²) in [6.07, 6.45) is 12.1. The Hall–Kier alpha value is -1.03. The summed E-state index contributed by atoms with van der Waals surface area (Å²) in [6.45, 7) is 4.23. The van der Waals surface area contributed by atoms with Gasteiger partial charge in [0.1, 0.15) is 0 Å². The molecule has 0 aliphatic heterocycles. The highest BCUT2D eigenvalue weighted by Gasteiger charge is 2.09. The van der Waals surface area contributed by atoms with E-state index < -0.39 is 10.0 Å². The fourth-order valence-corrected chi connectivity index (χ4v) is 3.81. The lowest BCUT2D eigenvalue weighted by molar-refractivity contribution is 0.558. The molecule has 1 rings (SSSR count). The fourth-order valence-electron chi connectivity index (χ4n) is 2.63. The topological polar surface area (TPSA) is 46.2 Å². The van der Waals surface area contributed by atoms with Crippen LogP contribution in [-0.2, 0) is 10.0 Å². The normalized spacial score (nSPS) is 11.6. The third kappa shape index (κ3) is 10.4. The molecule has 0 radical (unpaired) electrons. The van der Waals surface area contributed by atoms with Crippen LogP contribution >= 0.6 is 0 Å². The first-order valence-corrected chi connectivity index (χ1v) is 10.8. The Morgan fingerprint density at radius 2 is 1.26 bits per heavy atom. The van der Waals surface area contributed by atoms with E-state index in [1.807, 2.05) is 31.2 Å². The van der Waals surface area contributed by atoms with Crippen LogP contribution in [0.15, 0.2) is 24.3 Å². The van der Waals surface area contributed by atoms with Crippen molar-refractivity contribution in [3.8, 4) is 0 Å². The lowest BCUT2D eigenvalue weighted by Crippen LogP contribution is -2.16. The lowest BCUT2D eigenvalue weighted by Gasteiger charge is -2.08. The number of unbranched alkanes of at least 4 members (excludes halogenated alkanes) is 9. The summed E-state index contributed by atoms with van der Waals surface area (Å²) in [6, 6.07) is 7.45. The first-order valence-electron chi connectivity index (χ1n) is 9.10. The SMILES string of the molecule is CCCCCCCCCCCCS(=O)(=O)Nc1ccc(C)cc1. The number of sulfonamides is 1. The first-order chi connectivity index (χ1) is 11.0. The van der Waals surface area contributed by atoms with Crippen molar-refractivity contribution in [2.45, 2.75) is 78.1 Å². The van der Waals surface area contributed by atoms with Crippen molar-refractivity contribution in [3.05, 3.63) is 29.8 Å². The van der Waals surface area contributed by atoms with Gasteiger partial charge in [-0.1, -0.05) is 82.4 Å². The highest BCUT2D eigenvalue weighted by atomic mass is 32.2. The van der Waals surface area contributed by atoms with E-state index in [1.54, 1.807) is 0 Å². The molecule has 0 aliphatic carbocycles. The molecule has 3 nitrogen and oxygen atoms in total. The molecule has 0 fully saturated rings. The zero-order chi connectivity index (χ0) is 17.0. The summed E-state index contributed by atoms with van der Waals surface area (Å²) < 4.78 is 26.7. The quantitative estimate of drug-likeness (QED) is 0.471. The van der Waals surface area contributed by atoms with Crippen molar-refractivity contribution < 1.29 is 8.42 Å². The molecular formula is C19H33NO2S. The summed E-state index contributed by atoms with van der Waals surface area (Å²) in [7, 11) is -3.21. The molecular weight excluding hydrogens is 306 g/mol. The van der Waals surface area contributed by atoms with Crippen molar-refractivity contribution in [2.75, 3.05) is 10.5 Å². The van der Waals surface area contributed by atoms with Gasteiger partial charge in [0.2, 0.25) is 10.0 Å². The minimum atomic E-state index is -3.21. The van der Waals surface area contributed by atoms with Crippen LogP contribution in [0.25, 0.3) is 0 Å². The van der Waals surface area contributed by atoms with E-state index in [-0.39, 0.29) is 5.75 Å². The molecule has 0 bridgehead atoms. The Morgan fingerprint density at radius 1 is 0.783 bits per heavy atom. The molecule has 0 heterocycles. The number of hydrogen-bond acceptors (Lipinski definition) is 2. The van der Waals surface area contributed by atoms with Crippen molar-refractivity contribution in [2.24, 2.45) is 0 Å². The predicted molar refractivity (Wildman–Crippen MR) is 100 cm³/mol. The molecule has 1 aromatic rings. The van der Waals surface area contributed by atoms with Gasteiger partial charge in [0.25, 0.3) is 0 Å². The monoisotopic (exact) mass is 339 g/mol. The van der Waals surface area contributed by atoms with E-state index in [0.29, 0.717) is 5.69 Å². The van der Waals surface area contributed by atoms with E-state index in [0.717, 1.165) is 24.8 Å². The van der Waals surface area contributed by atoms with Gasteiger partial charge in [-0.25, -0.2) is 8.42 Å². The molecule has 0 aromatic heterocycles. The van der Waals surface area contributed by atoms with Crippen LogP contribution in [0.5, 0.6) is 0 Å². The van der Waals surface area contributed by atoms with Crippen LogP contribution in [0, 0.1) is 6.92 Å². The van der Waals surface area contributed by atoms with E-state index in [2.05, 4.69) is 11.6 Å². The van der Waals surface area contributed by atoms with E-state index in [1.165, 1.54) is 44.9 Å². The number of nitrogens with one attached hydrogen (secondary N) is 1. The number of anilines is 1. The average molecular weight is 340 g/mol. The summed E-state index contributed by atoms with van der Waals surface area (Å²) in [5.41, 5.74) is 1.78. The largest absolute Gasteiger partial charge is 0.284 e. The van der Waals surface area contributed by atoms with Crippen LogP contribution in [-0.4, -0.2) is 14.2 Å². The maximum atomic E-state index is 12.0. The van der Waals surface area contributed by atoms with E-state index in [9.17, 15) is 8.42 Å². The molecule has 0 saturated heterocycles. The highest BCUT2D eigenvalue weighted by molar-refractivity contribution is 7.92. The molecule has 0 atom stereocenters.